The van der Waals surface area contributed by atoms with E-state index in [-0.39, 0.29) is 11.9 Å². The first-order valence-electron chi connectivity index (χ1n) is 8.59. The van der Waals surface area contributed by atoms with Gasteiger partial charge in [0.2, 0.25) is 0 Å². The molecule has 1 aromatic carbocycles. The van der Waals surface area contributed by atoms with E-state index in [9.17, 15) is 4.79 Å². The van der Waals surface area contributed by atoms with Crippen molar-refractivity contribution in [3.63, 3.8) is 0 Å². The third kappa shape index (κ3) is 4.35. The molecule has 0 saturated carbocycles. The SMILES string of the molecule is CCCN(CC)CCc1c[nH]c2c(OC(=O)C(C)C)cccc12. The fourth-order valence-electron chi connectivity index (χ4n) is 2.73. The summed E-state index contributed by atoms with van der Waals surface area (Å²) in [5, 5.41) is 1.15. The highest BCUT2D eigenvalue weighted by Gasteiger charge is 2.14. The molecule has 126 valence electrons. The van der Waals surface area contributed by atoms with Crippen molar-refractivity contribution < 1.29 is 9.53 Å². The summed E-state index contributed by atoms with van der Waals surface area (Å²) in [6, 6.07) is 5.88. The molecule has 0 aliphatic rings. The number of para-hydroxylation sites is 1. The molecule has 0 radical (unpaired) electrons. The van der Waals surface area contributed by atoms with Gasteiger partial charge in [-0.25, -0.2) is 0 Å². The van der Waals surface area contributed by atoms with Gasteiger partial charge in [0, 0.05) is 18.1 Å². The normalized spacial score (nSPS) is 11.6. The van der Waals surface area contributed by atoms with Crippen LogP contribution in [0.5, 0.6) is 5.75 Å². The number of aromatic amines is 1. The Morgan fingerprint density at radius 2 is 2.04 bits per heavy atom. The summed E-state index contributed by atoms with van der Waals surface area (Å²) >= 11 is 0. The summed E-state index contributed by atoms with van der Waals surface area (Å²) < 4.78 is 5.51. The number of esters is 1. The van der Waals surface area contributed by atoms with Crippen molar-refractivity contribution in [2.24, 2.45) is 5.92 Å². The van der Waals surface area contributed by atoms with Gasteiger partial charge in [-0.3, -0.25) is 4.79 Å². The van der Waals surface area contributed by atoms with Gasteiger partial charge in [0.25, 0.3) is 0 Å². The van der Waals surface area contributed by atoms with Crippen LogP contribution in [0.25, 0.3) is 10.9 Å². The van der Waals surface area contributed by atoms with Crippen LogP contribution in [0, 0.1) is 5.92 Å². The number of hydrogen-bond donors (Lipinski definition) is 1. The predicted molar refractivity (Wildman–Crippen MR) is 94.9 cm³/mol. The van der Waals surface area contributed by atoms with Gasteiger partial charge in [0.15, 0.2) is 5.75 Å². The third-order valence-electron chi connectivity index (χ3n) is 4.13. The van der Waals surface area contributed by atoms with Crippen LogP contribution in [0.2, 0.25) is 0 Å². The molecule has 4 heteroatoms. The van der Waals surface area contributed by atoms with Crippen LogP contribution >= 0.6 is 0 Å². The second kappa shape index (κ2) is 8.16. The van der Waals surface area contributed by atoms with Gasteiger partial charge in [0.1, 0.15) is 0 Å². The number of fused-ring (bicyclic) bond motifs is 1. The number of hydrogen-bond acceptors (Lipinski definition) is 3. The summed E-state index contributed by atoms with van der Waals surface area (Å²) in [7, 11) is 0. The molecule has 1 N–H and O–H groups in total. The molecule has 0 bridgehead atoms. The molecule has 0 fully saturated rings. The van der Waals surface area contributed by atoms with Gasteiger partial charge in [-0.05, 0) is 37.6 Å². The molecule has 0 atom stereocenters. The van der Waals surface area contributed by atoms with E-state index >= 15 is 0 Å². The topological polar surface area (TPSA) is 45.3 Å². The summed E-state index contributed by atoms with van der Waals surface area (Å²) in [6.45, 7) is 11.4. The lowest BCUT2D eigenvalue weighted by Gasteiger charge is -2.19. The van der Waals surface area contributed by atoms with Crippen LogP contribution in [-0.4, -0.2) is 35.5 Å². The Labute approximate surface area is 138 Å². The smallest absolute Gasteiger partial charge is 0.313 e. The minimum Gasteiger partial charge on any atom is -0.424 e. The summed E-state index contributed by atoms with van der Waals surface area (Å²) in [5.41, 5.74) is 2.19. The second-order valence-corrected chi connectivity index (χ2v) is 6.25. The Kier molecular flexibility index (Phi) is 6.22. The van der Waals surface area contributed by atoms with E-state index < -0.39 is 0 Å². The largest absolute Gasteiger partial charge is 0.424 e. The Balaban J connectivity index is 2.16. The van der Waals surface area contributed by atoms with Gasteiger partial charge in [-0.15, -0.1) is 0 Å². The Morgan fingerprint density at radius 1 is 1.26 bits per heavy atom. The highest BCUT2D eigenvalue weighted by Crippen LogP contribution is 2.28. The molecule has 2 aromatic rings. The second-order valence-electron chi connectivity index (χ2n) is 6.25. The highest BCUT2D eigenvalue weighted by molar-refractivity contribution is 5.90. The van der Waals surface area contributed by atoms with Crippen molar-refractivity contribution in [2.45, 2.75) is 40.5 Å². The van der Waals surface area contributed by atoms with E-state index in [4.69, 9.17) is 4.74 Å². The molecule has 0 aliphatic heterocycles. The first-order valence-corrected chi connectivity index (χ1v) is 8.59. The van der Waals surface area contributed by atoms with Gasteiger partial charge in [0.05, 0.1) is 11.4 Å². The number of H-pyrrole nitrogens is 1. The van der Waals surface area contributed by atoms with E-state index in [1.807, 2.05) is 32.2 Å². The Hall–Kier alpha value is -1.81. The standard InChI is InChI=1S/C19H28N2O2/c1-5-11-21(6-2)12-10-15-13-20-18-16(15)8-7-9-17(18)23-19(22)14(3)4/h7-9,13-14,20H,5-6,10-12H2,1-4H3. The molecule has 1 aromatic heterocycles. The number of benzene rings is 1. The molecule has 0 saturated heterocycles. The van der Waals surface area contributed by atoms with Crippen molar-refractivity contribution in [3.05, 3.63) is 30.0 Å². The summed E-state index contributed by atoms with van der Waals surface area (Å²) in [6.07, 6.45) is 4.21. The average molecular weight is 316 g/mol. The lowest BCUT2D eigenvalue weighted by molar-refractivity contribution is -0.137. The van der Waals surface area contributed by atoms with Crippen molar-refractivity contribution in [1.29, 1.82) is 0 Å². The monoisotopic (exact) mass is 316 g/mol. The number of carbonyl (C=O) groups is 1. The lowest BCUT2D eigenvalue weighted by Crippen LogP contribution is -2.26. The zero-order valence-corrected chi connectivity index (χ0v) is 14.7. The molecule has 0 aliphatic carbocycles. The van der Waals surface area contributed by atoms with Gasteiger partial charge in [-0.1, -0.05) is 39.8 Å². The highest BCUT2D eigenvalue weighted by atomic mass is 16.5. The number of ether oxygens (including phenoxy) is 1. The maximum atomic E-state index is 11.8. The average Bonchev–Trinajstić information content (AvgIpc) is 2.95. The molecule has 2 rings (SSSR count). The van der Waals surface area contributed by atoms with Crippen molar-refractivity contribution in [2.75, 3.05) is 19.6 Å². The summed E-state index contributed by atoms with van der Waals surface area (Å²) in [4.78, 5) is 17.6. The van der Waals surface area contributed by atoms with Gasteiger partial charge < -0.3 is 14.6 Å². The molecule has 0 amide bonds. The molecule has 4 nitrogen and oxygen atoms in total. The number of aromatic nitrogens is 1. The fourth-order valence-corrected chi connectivity index (χ4v) is 2.73. The summed E-state index contributed by atoms with van der Waals surface area (Å²) in [5.74, 6) is 0.286. The maximum Gasteiger partial charge on any atom is 0.313 e. The van der Waals surface area contributed by atoms with Crippen LogP contribution in [-0.2, 0) is 11.2 Å². The zero-order chi connectivity index (χ0) is 16.8. The predicted octanol–water partition coefficient (Wildman–Crippen LogP) is 4.00. The van der Waals surface area contributed by atoms with Gasteiger partial charge in [-0.2, -0.15) is 0 Å². The minimum atomic E-state index is -0.200. The molecule has 0 spiro atoms. The van der Waals surface area contributed by atoms with E-state index in [0.29, 0.717) is 5.75 Å². The van der Waals surface area contributed by atoms with E-state index in [1.54, 1.807) is 0 Å². The molecule has 1 heterocycles. The molecular formula is C19H28N2O2. The van der Waals surface area contributed by atoms with Gasteiger partial charge >= 0.3 is 5.97 Å². The quantitative estimate of drug-likeness (QED) is 0.591. The number of carbonyl (C=O) groups excluding carboxylic acids is 1. The van der Waals surface area contributed by atoms with Crippen LogP contribution in [0.15, 0.2) is 24.4 Å². The number of nitrogens with zero attached hydrogens (tertiary/aromatic N) is 1. The number of nitrogens with one attached hydrogen (secondary N) is 1. The lowest BCUT2D eigenvalue weighted by atomic mass is 10.1. The maximum absolute atomic E-state index is 11.8. The zero-order valence-electron chi connectivity index (χ0n) is 14.7. The van der Waals surface area contributed by atoms with Crippen LogP contribution in [0.3, 0.4) is 0 Å². The van der Waals surface area contributed by atoms with E-state index in [0.717, 1.165) is 37.0 Å². The number of likely N-dealkylation sites (N-methyl/N-ethyl adjacent to an activating group) is 1. The first kappa shape index (κ1) is 17.5. The molecule has 23 heavy (non-hydrogen) atoms. The van der Waals surface area contributed by atoms with Crippen molar-refractivity contribution in [1.82, 2.24) is 9.88 Å². The fraction of sp³-hybridized carbons (Fsp3) is 0.526. The first-order chi connectivity index (χ1) is 11.1. The van der Waals surface area contributed by atoms with E-state index in [2.05, 4.69) is 29.8 Å². The molecular weight excluding hydrogens is 288 g/mol. The van der Waals surface area contributed by atoms with Crippen molar-refractivity contribution >= 4 is 16.9 Å². The van der Waals surface area contributed by atoms with Crippen LogP contribution in [0.1, 0.15) is 39.7 Å². The Bertz CT molecular complexity index is 646. The van der Waals surface area contributed by atoms with Crippen LogP contribution in [0.4, 0.5) is 0 Å². The van der Waals surface area contributed by atoms with E-state index in [1.165, 1.54) is 12.0 Å². The number of rotatable bonds is 8. The minimum absolute atomic E-state index is 0.133. The van der Waals surface area contributed by atoms with Crippen LogP contribution < -0.4 is 4.74 Å². The van der Waals surface area contributed by atoms with Crippen molar-refractivity contribution in [3.8, 4) is 5.75 Å². The third-order valence-corrected chi connectivity index (χ3v) is 4.13. The Morgan fingerprint density at radius 3 is 2.70 bits per heavy atom. The molecule has 0 unspecified atom stereocenters.